The summed E-state index contributed by atoms with van der Waals surface area (Å²) < 4.78 is 53.9. The normalized spacial score (nSPS) is 17.1. The van der Waals surface area contributed by atoms with Crippen LogP contribution in [0.25, 0.3) is 0 Å². The molecule has 60 heavy (non-hydrogen) atoms. The summed E-state index contributed by atoms with van der Waals surface area (Å²) in [4.78, 5) is 58.0. The Hall–Kier alpha value is -5.65. The van der Waals surface area contributed by atoms with Crippen LogP contribution in [-0.2, 0) is 37.7 Å². The van der Waals surface area contributed by atoms with E-state index in [4.69, 9.17) is 4.98 Å². The first kappa shape index (κ1) is 43.9. The van der Waals surface area contributed by atoms with E-state index in [1.807, 2.05) is 16.9 Å². The molecule has 318 valence electrons. The van der Waals surface area contributed by atoms with Gasteiger partial charge in [0.1, 0.15) is 5.82 Å². The van der Waals surface area contributed by atoms with Crippen molar-refractivity contribution in [2.45, 2.75) is 75.6 Å². The molecule has 1 aliphatic carbocycles. The number of pyridine rings is 1. The molecule has 15 nitrogen and oxygen atoms in total. The van der Waals surface area contributed by atoms with E-state index in [9.17, 15) is 41.1 Å². The minimum atomic E-state index is -4.03. The number of nitrogens with one attached hydrogen (secondary N) is 3. The highest BCUT2D eigenvalue weighted by atomic mass is 32.2. The third-order valence-corrected chi connectivity index (χ3v) is 13.5. The van der Waals surface area contributed by atoms with Crippen molar-refractivity contribution in [3.8, 4) is 0 Å². The molecule has 1 saturated heterocycles. The molecule has 3 aromatic carbocycles. The molecule has 2 heterocycles. The third kappa shape index (κ3) is 11.1. The first-order valence-corrected chi connectivity index (χ1v) is 23.4. The number of benzene rings is 3. The number of carbonyl (C=O) groups excluding carboxylic acids is 3. The molecule has 1 aromatic heterocycles. The summed E-state index contributed by atoms with van der Waals surface area (Å²) in [5, 5.41) is 15.1. The Balaban J connectivity index is 1.15. The van der Waals surface area contributed by atoms with Crippen LogP contribution in [0.3, 0.4) is 0 Å². The fourth-order valence-electron chi connectivity index (χ4n) is 7.67. The van der Waals surface area contributed by atoms with Crippen molar-refractivity contribution < 1.29 is 41.1 Å². The summed E-state index contributed by atoms with van der Waals surface area (Å²) in [5.41, 5.74) is 2.87. The number of carboxylic acid groups (broad SMARTS) is 1. The number of hydrogen-bond donors (Lipinski definition) is 4. The smallest absolute Gasteiger partial charge is 0.306 e. The fraction of sp³-hybridized carbons (Fsp3) is 0.372. The number of sulfonamides is 2. The number of carbonyl (C=O) groups is 4. The van der Waals surface area contributed by atoms with E-state index < -0.39 is 49.7 Å². The molecule has 6 rings (SSSR count). The number of aryl methyl sites for hydroxylation is 2. The second-order valence-electron chi connectivity index (χ2n) is 15.2. The summed E-state index contributed by atoms with van der Waals surface area (Å²) in [6.07, 6.45) is 6.93. The number of aliphatic carboxylic acids is 1. The number of rotatable bonds is 15. The average molecular weight is 859 g/mol. The first-order valence-electron chi connectivity index (χ1n) is 20.0. The molecule has 3 amide bonds. The zero-order valence-corrected chi connectivity index (χ0v) is 35.2. The highest BCUT2D eigenvalue weighted by Crippen LogP contribution is 2.32. The predicted molar refractivity (Wildman–Crippen MR) is 228 cm³/mol. The van der Waals surface area contributed by atoms with Gasteiger partial charge in [0.05, 0.1) is 22.8 Å². The van der Waals surface area contributed by atoms with Gasteiger partial charge in [0, 0.05) is 42.5 Å². The Morgan fingerprint density at radius 1 is 0.750 bits per heavy atom. The van der Waals surface area contributed by atoms with E-state index >= 15 is 0 Å². The van der Waals surface area contributed by atoms with Crippen LogP contribution in [0.4, 0.5) is 17.2 Å². The second-order valence-corrected chi connectivity index (χ2v) is 18.8. The predicted octanol–water partition coefficient (Wildman–Crippen LogP) is 5.71. The molecule has 1 aliphatic heterocycles. The lowest BCUT2D eigenvalue weighted by atomic mass is 9.86. The van der Waals surface area contributed by atoms with Crippen LogP contribution in [0.5, 0.6) is 0 Å². The van der Waals surface area contributed by atoms with E-state index in [1.165, 1.54) is 28.6 Å². The van der Waals surface area contributed by atoms with Crippen molar-refractivity contribution in [2.75, 3.05) is 41.4 Å². The van der Waals surface area contributed by atoms with Crippen LogP contribution in [0.15, 0.2) is 89.8 Å². The number of piperidine rings is 1. The molecule has 4 aromatic rings. The molecule has 0 atom stereocenters. The maximum absolute atomic E-state index is 13.9. The van der Waals surface area contributed by atoms with Gasteiger partial charge in [0.15, 0.2) is 5.69 Å². The van der Waals surface area contributed by atoms with Crippen LogP contribution in [0, 0.1) is 5.92 Å². The molecule has 17 heteroatoms. The highest BCUT2D eigenvalue weighted by Gasteiger charge is 2.35. The molecule has 4 N–H and O–H groups in total. The van der Waals surface area contributed by atoms with Gasteiger partial charge in [-0.25, -0.2) is 26.5 Å². The molecule has 0 radical (unpaired) electrons. The molecule has 1 saturated carbocycles. The van der Waals surface area contributed by atoms with Crippen molar-refractivity contribution in [2.24, 2.45) is 5.92 Å². The molecule has 0 spiro atoms. The Morgan fingerprint density at radius 3 is 1.98 bits per heavy atom. The van der Waals surface area contributed by atoms with Gasteiger partial charge in [-0.1, -0.05) is 37.3 Å². The summed E-state index contributed by atoms with van der Waals surface area (Å²) in [6.45, 7) is 3.48. The lowest BCUT2D eigenvalue weighted by Gasteiger charge is -2.34. The van der Waals surface area contributed by atoms with Gasteiger partial charge >= 0.3 is 5.97 Å². The summed E-state index contributed by atoms with van der Waals surface area (Å²) in [7, 11) is -7.70. The quantitative estimate of drug-likeness (QED) is 0.114. The van der Waals surface area contributed by atoms with Crippen LogP contribution < -0.4 is 20.3 Å². The van der Waals surface area contributed by atoms with Crippen LogP contribution in [-0.4, -0.2) is 86.9 Å². The highest BCUT2D eigenvalue weighted by molar-refractivity contribution is 7.89. The van der Waals surface area contributed by atoms with Crippen molar-refractivity contribution in [1.29, 1.82) is 0 Å². The zero-order chi connectivity index (χ0) is 43.0. The SMILES string of the molecule is CCN(C1CCC(C(=O)O)CC1)S(=O)(=O)c1cccc(C(=O)Nc2ccc(N3CCCCC3)nc2C(=O)Nc2ccc(CCc3ccc(C(=O)NS(C)(=O)=O)cc3)cc2)c1. The zero-order valence-electron chi connectivity index (χ0n) is 33.6. The minimum Gasteiger partial charge on any atom is -0.481 e. The molecule has 0 unspecified atom stereocenters. The molecule has 2 fully saturated rings. The van der Waals surface area contributed by atoms with E-state index in [0.717, 1.165) is 49.7 Å². The molecule has 2 aliphatic rings. The Kier molecular flexibility index (Phi) is 14.0. The topological polar surface area (TPSA) is 212 Å². The van der Waals surface area contributed by atoms with Gasteiger partial charge in [0.25, 0.3) is 17.7 Å². The standard InChI is InChI=1S/C43H50N6O9S2/c1-3-49(35-22-18-32(19-23-35)43(53)54)60(57,58)36-9-7-8-33(28-36)40(50)45-37-24-25-38(48-26-5-4-6-27-48)46-39(37)42(52)44-34-20-14-30(15-21-34)11-10-29-12-16-31(17-13-29)41(51)47-59(2,55)56/h7-9,12-17,20-21,24-25,28,32,35H,3-6,10-11,18-19,22-23,26-27H2,1-2H3,(H,44,52)(H,45,50)(H,47,51)(H,53,54). The number of anilines is 3. The van der Waals surface area contributed by atoms with Gasteiger partial charge < -0.3 is 20.6 Å². The number of aromatic nitrogens is 1. The molecular weight excluding hydrogens is 809 g/mol. The van der Waals surface area contributed by atoms with Gasteiger partial charge in [-0.3, -0.25) is 19.2 Å². The average Bonchev–Trinajstić information content (AvgIpc) is 3.23. The first-order chi connectivity index (χ1) is 28.6. The lowest BCUT2D eigenvalue weighted by Crippen LogP contribution is -2.42. The third-order valence-electron chi connectivity index (χ3n) is 10.9. The summed E-state index contributed by atoms with van der Waals surface area (Å²) >= 11 is 0. The number of nitrogens with zero attached hydrogens (tertiary/aromatic N) is 3. The fourth-order valence-corrected chi connectivity index (χ4v) is 9.86. The summed E-state index contributed by atoms with van der Waals surface area (Å²) in [6, 6.07) is 22.7. The van der Waals surface area contributed by atoms with E-state index in [0.29, 0.717) is 50.0 Å². The van der Waals surface area contributed by atoms with Gasteiger partial charge in [-0.2, -0.15) is 4.31 Å². The number of hydrogen-bond acceptors (Lipinski definition) is 10. The minimum absolute atomic E-state index is 0.0120. The van der Waals surface area contributed by atoms with E-state index in [-0.39, 0.29) is 40.0 Å². The molecule has 0 bridgehead atoms. The monoisotopic (exact) mass is 858 g/mol. The Morgan fingerprint density at radius 2 is 1.38 bits per heavy atom. The van der Waals surface area contributed by atoms with Gasteiger partial charge in [0.2, 0.25) is 20.0 Å². The van der Waals surface area contributed by atoms with Crippen LogP contribution in [0.2, 0.25) is 0 Å². The van der Waals surface area contributed by atoms with Crippen molar-refractivity contribution in [3.05, 3.63) is 113 Å². The van der Waals surface area contributed by atoms with Crippen molar-refractivity contribution >= 4 is 60.9 Å². The van der Waals surface area contributed by atoms with E-state index in [2.05, 4.69) is 15.5 Å². The molecular formula is C43H50N6O9S2. The summed E-state index contributed by atoms with van der Waals surface area (Å²) in [5.74, 6) is -2.64. The lowest BCUT2D eigenvalue weighted by molar-refractivity contribution is -0.143. The van der Waals surface area contributed by atoms with Crippen molar-refractivity contribution in [1.82, 2.24) is 14.0 Å². The number of carboxylic acids is 1. The van der Waals surface area contributed by atoms with Gasteiger partial charge in [-0.05, 0) is 124 Å². The van der Waals surface area contributed by atoms with Crippen molar-refractivity contribution in [3.63, 3.8) is 0 Å². The Bertz CT molecular complexity index is 2430. The van der Waals surface area contributed by atoms with Gasteiger partial charge in [-0.15, -0.1) is 0 Å². The largest absolute Gasteiger partial charge is 0.481 e. The Labute approximate surface area is 350 Å². The maximum Gasteiger partial charge on any atom is 0.306 e. The second kappa shape index (κ2) is 19.2. The van der Waals surface area contributed by atoms with E-state index in [1.54, 1.807) is 55.5 Å². The van der Waals surface area contributed by atoms with Crippen LogP contribution >= 0.6 is 0 Å². The van der Waals surface area contributed by atoms with Crippen LogP contribution in [0.1, 0.15) is 94.2 Å². The maximum atomic E-state index is 13.9. The number of amides is 3.